The lowest BCUT2D eigenvalue weighted by atomic mass is 10.0. The zero-order valence-electron chi connectivity index (χ0n) is 23.0. The van der Waals surface area contributed by atoms with Crippen molar-refractivity contribution in [2.24, 2.45) is 7.05 Å². The molecule has 1 atom stereocenters. The van der Waals surface area contributed by atoms with E-state index in [2.05, 4.69) is 27.6 Å². The second kappa shape index (κ2) is 11.1. The Kier molecular flexibility index (Phi) is 7.87. The number of amides is 4. The van der Waals surface area contributed by atoms with Crippen molar-refractivity contribution in [1.29, 1.82) is 0 Å². The third-order valence-electron chi connectivity index (χ3n) is 6.84. The highest BCUT2D eigenvalue weighted by Gasteiger charge is 2.45. The van der Waals surface area contributed by atoms with Crippen LogP contribution in [0.4, 0.5) is 16.3 Å². The Bertz CT molecular complexity index is 1380. The van der Waals surface area contributed by atoms with Gasteiger partial charge in [0.05, 0.1) is 23.8 Å². The fourth-order valence-electron chi connectivity index (χ4n) is 4.98. The lowest BCUT2D eigenvalue weighted by Crippen LogP contribution is -2.49. The summed E-state index contributed by atoms with van der Waals surface area (Å²) in [5.41, 5.74) is 2.99. The molecule has 1 aromatic heterocycles. The fourth-order valence-corrected chi connectivity index (χ4v) is 4.98. The van der Waals surface area contributed by atoms with E-state index in [4.69, 9.17) is 0 Å². The molecule has 2 aromatic carbocycles. The van der Waals surface area contributed by atoms with Gasteiger partial charge in [0.25, 0.3) is 5.91 Å². The SMILES string of the molecule is C=CC(=O)Nc1ccc(C(=O)Nc2nn(C)c3c2CN(C(=O)NC(CN(C)C)c2ccccc2)C3(C)C)cc1. The lowest BCUT2D eigenvalue weighted by Gasteiger charge is -2.34. The van der Waals surface area contributed by atoms with Crippen molar-refractivity contribution in [1.82, 2.24) is 24.9 Å². The van der Waals surface area contributed by atoms with Crippen molar-refractivity contribution in [2.75, 3.05) is 31.3 Å². The van der Waals surface area contributed by atoms with Gasteiger partial charge in [-0.2, -0.15) is 5.10 Å². The van der Waals surface area contributed by atoms with E-state index in [9.17, 15) is 14.4 Å². The van der Waals surface area contributed by atoms with Gasteiger partial charge < -0.3 is 25.8 Å². The van der Waals surface area contributed by atoms with E-state index in [1.54, 1.807) is 33.8 Å². The number of likely N-dealkylation sites (N-methyl/N-ethyl adjacent to an activating group) is 1. The van der Waals surface area contributed by atoms with Gasteiger partial charge in [0.1, 0.15) is 0 Å². The number of nitrogens with zero attached hydrogens (tertiary/aromatic N) is 4. The lowest BCUT2D eigenvalue weighted by molar-refractivity contribution is -0.111. The number of carbonyl (C=O) groups is 3. The van der Waals surface area contributed by atoms with E-state index in [1.165, 1.54) is 6.08 Å². The van der Waals surface area contributed by atoms with E-state index in [1.807, 2.05) is 70.2 Å². The molecule has 10 nitrogen and oxygen atoms in total. The predicted octanol–water partition coefficient (Wildman–Crippen LogP) is 3.86. The van der Waals surface area contributed by atoms with Crippen LogP contribution in [-0.2, 0) is 23.9 Å². The molecule has 4 amide bonds. The Hall–Kier alpha value is -4.44. The summed E-state index contributed by atoms with van der Waals surface area (Å²) in [5.74, 6) is -0.254. The maximum Gasteiger partial charge on any atom is 0.319 e. The number of carbonyl (C=O) groups excluding carboxylic acids is 3. The number of urea groups is 1. The Labute approximate surface area is 228 Å². The number of benzene rings is 2. The second-order valence-electron chi connectivity index (χ2n) is 10.3. The Morgan fingerprint density at radius 1 is 1.08 bits per heavy atom. The van der Waals surface area contributed by atoms with Crippen LogP contribution in [-0.4, -0.2) is 58.1 Å². The molecule has 3 N–H and O–H groups in total. The van der Waals surface area contributed by atoms with Crippen LogP contribution in [0, 0.1) is 0 Å². The zero-order chi connectivity index (χ0) is 28.3. The van der Waals surface area contributed by atoms with Crippen molar-refractivity contribution in [3.8, 4) is 0 Å². The molecule has 39 heavy (non-hydrogen) atoms. The Morgan fingerprint density at radius 2 is 1.74 bits per heavy atom. The van der Waals surface area contributed by atoms with Gasteiger partial charge >= 0.3 is 6.03 Å². The second-order valence-corrected chi connectivity index (χ2v) is 10.3. The number of rotatable bonds is 8. The van der Waals surface area contributed by atoms with Crippen molar-refractivity contribution in [3.63, 3.8) is 0 Å². The molecule has 0 fully saturated rings. The maximum atomic E-state index is 13.6. The summed E-state index contributed by atoms with van der Waals surface area (Å²) >= 11 is 0. The van der Waals surface area contributed by atoms with Gasteiger partial charge in [-0.15, -0.1) is 0 Å². The molecule has 0 saturated carbocycles. The van der Waals surface area contributed by atoms with Crippen LogP contribution in [0.2, 0.25) is 0 Å². The topological polar surface area (TPSA) is 112 Å². The molecule has 204 valence electrons. The van der Waals surface area contributed by atoms with Gasteiger partial charge in [-0.1, -0.05) is 36.9 Å². The van der Waals surface area contributed by atoms with Crippen molar-refractivity contribution < 1.29 is 14.4 Å². The number of hydrogen-bond donors (Lipinski definition) is 3. The van der Waals surface area contributed by atoms with E-state index in [-0.39, 0.29) is 23.9 Å². The molecule has 0 spiro atoms. The van der Waals surface area contributed by atoms with Crippen LogP contribution in [0.15, 0.2) is 67.3 Å². The molecule has 3 aromatic rings. The predicted molar refractivity (Wildman–Crippen MR) is 151 cm³/mol. The molecule has 1 aliphatic heterocycles. The highest BCUT2D eigenvalue weighted by atomic mass is 16.2. The minimum atomic E-state index is -0.658. The van der Waals surface area contributed by atoms with Crippen molar-refractivity contribution in [3.05, 3.63) is 89.6 Å². The maximum absolute atomic E-state index is 13.6. The molecule has 2 heterocycles. The van der Waals surface area contributed by atoms with Gasteiger partial charge in [-0.3, -0.25) is 14.3 Å². The van der Waals surface area contributed by atoms with Crippen LogP contribution in [0.1, 0.15) is 47.1 Å². The third kappa shape index (κ3) is 5.85. The van der Waals surface area contributed by atoms with Gasteiger partial charge in [0.2, 0.25) is 5.91 Å². The highest BCUT2D eigenvalue weighted by molar-refractivity contribution is 6.05. The van der Waals surface area contributed by atoms with Crippen LogP contribution >= 0.6 is 0 Å². The summed E-state index contributed by atoms with van der Waals surface area (Å²) in [6.45, 7) is 8.33. The van der Waals surface area contributed by atoms with Crippen LogP contribution in [0.3, 0.4) is 0 Å². The van der Waals surface area contributed by atoms with Gasteiger partial charge in [-0.25, -0.2) is 4.79 Å². The molecule has 1 aliphatic rings. The first-order valence-electron chi connectivity index (χ1n) is 12.7. The number of anilines is 2. The Balaban J connectivity index is 1.52. The van der Waals surface area contributed by atoms with E-state index in [0.717, 1.165) is 16.8 Å². The van der Waals surface area contributed by atoms with Gasteiger partial charge in [-0.05, 0) is 63.8 Å². The number of hydrogen-bond acceptors (Lipinski definition) is 5. The van der Waals surface area contributed by atoms with Crippen LogP contribution < -0.4 is 16.0 Å². The monoisotopic (exact) mass is 529 g/mol. The summed E-state index contributed by atoms with van der Waals surface area (Å²) < 4.78 is 1.72. The normalized spacial score (nSPS) is 14.5. The molecule has 4 rings (SSSR count). The average Bonchev–Trinajstić information content (AvgIpc) is 3.37. The molecule has 10 heteroatoms. The number of aromatic nitrogens is 2. The minimum Gasteiger partial charge on any atom is -0.330 e. The molecule has 0 saturated heterocycles. The summed E-state index contributed by atoms with van der Waals surface area (Å²) in [6, 6.07) is 16.0. The first-order chi connectivity index (χ1) is 18.5. The van der Waals surface area contributed by atoms with E-state index in [0.29, 0.717) is 30.2 Å². The molecule has 1 unspecified atom stereocenters. The average molecular weight is 530 g/mol. The van der Waals surface area contributed by atoms with E-state index < -0.39 is 5.54 Å². The molecule has 0 radical (unpaired) electrons. The summed E-state index contributed by atoms with van der Waals surface area (Å²) in [6.07, 6.45) is 1.18. The summed E-state index contributed by atoms with van der Waals surface area (Å²) in [7, 11) is 5.76. The summed E-state index contributed by atoms with van der Waals surface area (Å²) in [5, 5.41) is 13.3. The molecule has 0 aliphatic carbocycles. The van der Waals surface area contributed by atoms with E-state index >= 15 is 0 Å². The Morgan fingerprint density at radius 3 is 2.36 bits per heavy atom. The zero-order valence-corrected chi connectivity index (χ0v) is 23.0. The van der Waals surface area contributed by atoms with Gasteiger partial charge in [0, 0.05) is 30.4 Å². The quantitative estimate of drug-likeness (QED) is 0.384. The standard InChI is InChI=1S/C29H35N7O3/c1-7-24(37)30-21-15-13-20(14-16-21)27(38)32-26-22-17-36(29(2,3)25(22)35(6)33-26)28(39)31-23(18-34(4)5)19-11-9-8-10-12-19/h7-16,23H,1,17-18H2,2-6H3,(H,30,37)(H,31,39)(H,32,33,38). The fraction of sp³-hybridized carbons (Fsp3) is 0.310. The minimum absolute atomic E-state index is 0.190. The van der Waals surface area contributed by atoms with Crippen molar-refractivity contribution in [2.45, 2.75) is 32.0 Å². The smallest absolute Gasteiger partial charge is 0.319 e. The van der Waals surface area contributed by atoms with Crippen LogP contribution in [0.5, 0.6) is 0 Å². The molecule has 0 bridgehead atoms. The highest BCUT2D eigenvalue weighted by Crippen LogP contribution is 2.42. The number of fused-ring (bicyclic) bond motifs is 1. The third-order valence-corrected chi connectivity index (χ3v) is 6.84. The largest absolute Gasteiger partial charge is 0.330 e. The number of aryl methyl sites for hydroxylation is 1. The first kappa shape index (κ1) is 27.6. The van der Waals surface area contributed by atoms with Crippen LogP contribution in [0.25, 0.3) is 0 Å². The number of nitrogens with one attached hydrogen (secondary N) is 3. The first-order valence-corrected chi connectivity index (χ1v) is 12.7. The summed E-state index contributed by atoms with van der Waals surface area (Å²) in [4.78, 5) is 42.0. The van der Waals surface area contributed by atoms with Crippen molar-refractivity contribution >= 4 is 29.4 Å². The molecular weight excluding hydrogens is 494 g/mol. The molecular formula is C29H35N7O3. The van der Waals surface area contributed by atoms with Gasteiger partial charge in [0.15, 0.2) is 5.82 Å².